The Morgan fingerprint density at radius 2 is 1.81 bits per heavy atom. The number of methoxy groups -OCH3 is 1. The van der Waals surface area contributed by atoms with Crippen LogP contribution >= 0.6 is 0 Å². The number of sulfonamides is 1. The Bertz CT molecular complexity index is 1070. The molecule has 0 radical (unpaired) electrons. The SMILES string of the molecule is COc1ccc(F)cc1S(=O)(=O)N(C)CC(=O)N1CCN(c2cccc(C)c2C)CC1. The van der Waals surface area contributed by atoms with E-state index >= 15 is 0 Å². The van der Waals surface area contributed by atoms with Gasteiger partial charge in [-0.15, -0.1) is 0 Å². The van der Waals surface area contributed by atoms with Crippen LogP contribution in [0.25, 0.3) is 0 Å². The summed E-state index contributed by atoms with van der Waals surface area (Å²) in [6.45, 7) is 6.18. The van der Waals surface area contributed by atoms with Gasteiger partial charge in [-0.3, -0.25) is 4.79 Å². The standard InChI is InChI=1S/C22H28FN3O4S/c1-16-6-5-7-19(17(16)2)25-10-12-26(13-11-25)22(27)15-24(3)31(28,29)21-14-18(23)8-9-20(21)30-4/h5-9,14H,10-13,15H2,1-4H3. The number of aryl methyl sites for hydroxylation is 1. The first-order chi connectivity index (χ1) is 14.6. The van der Waals surface area contributed by atoms with Crippen molar-refractivity contribution < 1.29 is 22.3 Å². The molecule has 2 aromatic carbocycles. The van der Waals surface area contributed by atoms with Crippen molar-refractivity contribution in [2.75, 3.05) is 51.8 Å². The van der Waals surface area contributed by atoms with Crippen LogP contribution in [0.5, 0.6) is 5.75 Å². The van der Waals surface area contributed by atoms with Gasteiger partial charge in [0.2, 0.25) is 15.9 Å². The number of rotatable bonds is 6. The molecule has 1 amide bonds. The van der Waals surface area contributed by atoms with E-state index in [1.54, 1.807) is 4.90 Å². The fourth-order valence-electron chi connectivity index (χ4n) is 3.67. The molecule has 0 unspecified atom stereocenters. The molecular weight excluding hydrogens is 421 g/mol. The number of carbonyl (C=O) groups is 1. The molecule has 7 nitrogen and oxygen atoms in total. The third-order valence-corrected chi connectivity index (χ3v) is 7.55. The lowest BCUT2D eigenvalue weighted by Gasteiger charge is -2.37. The predicted molar refractivity (Wildman–Crippen MR) is 117 cm³/mol. The Kier molecular flexibility index (Phi) is 6.86. The third-order valence-electron chi connectivity index (χ3n) is 5.72. The Morgan fingerprint density at radius 3 is 2.45 bits per heavy atom. The molecular formula is C22H28FN3O4S. The number of piperazine rings is 1. The number of hydrogen-bond donors (Lipinski definition) is 0. The molecule has 0 atom stereocenters. The molecule has 0 N–H and O–H groups in total. The number of nitrogens with zero attached hydrogens (tertiary/aromatic N) is 3. The van der Waals surface area contributed by atoms with Crippen LogP contribution < -0.4 is 9.64 Å². The van der Waals surface area contributed by atoms with Crippen molar-refractivity contribution >= 4 is 21.6 Å². The lowest BCUT2D eigenvalue weighted by molar-refractivity contribution is -0.131. The summed E-state index contributed by atoms with van der Waals surface area (Å²) in [5, 5.41) is 0. The van der Waals surface area contributed by atoms with Gasteiger partial charge in [-0.2, -0.15) is 4.31 Å². The second-order valence-corrected chi connectivity index (χ2v) is 9.66. The fourth-order valence-corrected chi connectivity index (χ4v) is 4.95. The van der Waals surface area contributed by atoms with E-state index in [4.69, 9.17) is 4.74 Å². The van der Waals surface area contributed by atoms with Gasteiger partial charge in [0.1, 0.15) is 16.5 Å². The van der Waals surface area contributed by atoms with Crippen LogP contribution in [0, 0.1) is 19.7 Å². The first kappa shape index (κ1) is 23.0. The second-order valence-electron chi connectivity index (χ2n) is 7.64. The van der Waals surface area contributed by atoms with Gasteiger partial charge >= 0.3 is 0 Å². The van der Waals surface area contributed by atoms with Crippen LogP contribution in [0.15, 0.2) is 41.3 Å². The smallest absolute Gasteiger partial charge is 0.247 e. The van der Waals surface area contributed by atoms with Crippen molar-refractivity contribution in [2.45, 2.75) is 18.7 Å². The van der Waals surface area contributed by atoms with Crippen molar-refractivity contribution in [3.05, 3.63) is 53.3 Å². The lowest BCUT2D eigenvalue weighted by atomic mass is 10.1. The maximum absolute atomic E-state index is 13.6. The minimum absolute atomic E-state index is 0.0304. The number of anilines is 1. The maximum Gasteiger partial charge on any atom is 0.247 e. The number of benzene rings is 2. The van der Waals surface area contributed by atoms with Crippen LogP contribution in [0.4, 0.5) is 10.1 Å². The van der Waals surface area contributed by atoms with Gasteiger partial charge in [-0.05, 0) is 49.2 Å². The van der Waals surface area contributed by atoms with E-state index in [0.717, 1.165) is 22.1 Å². The predicted octanol–water partition coefficient (Wildman–Crippen LogP) is 2.42. The molecule has 3 rings (SSSR count). The van der Waals surface area contributed by atoms with Crippen molar-refractivity contribution in [2.24, 2.45) is 0 Å². The highest BCUT2D eigenvalue weighted by atomic mass is 32.2. The summed E-state index contributed by atoms with van der Waals surface area (Å²) in [6.07, 6.45) is 0. The van der Waals surface area contributed by atoms with Gasteiger partial charge in [-0.1, -0.05) is 12.1 Å². The lowest BCUT2D eigenvalue weighted by Crippen LogP contribution is -2.51. The molecule has 0 bridgehead atoms. The summed E-state index contributed by atoms with van der Waals surface area (Å²) < 4.78 is 45.4. The van der Waals surface area contributed by atoms with Gasteiger partial charge in [0.15, 0.2) is 0 Å². The maximum atomic E-state index is 13.6. The van der Waals surface area contributed by atoms with E-state index in [2.05, 4.69) is 30.9 Å². The van der Waals surface area contributed by atoms with Crippen LogP contribution in [-0.4, -0.2) is 70.4 Å². The molecule has 0 spiro atoms. The monoisotopic (exact) mass is 449 g/mol. The van der Waals surface area contributed by atoms with E-state index < -0.39 is 15.8 Å². The molecule has 9 heteroatoms. The molecule has 0 aromatic heterocycles. The summed E-state index contributed by atoms with van der Waals surface area (Å²) in [6, 6.07) is 9.45. The minimum Gasteiger partial charge on any atom is -0.495 e. The summed E-state index contributed by atoms with van der Waals surface area (Å²) in [5.74, 6) is -0.952. The zero-order valence-corrected chi connectivity index (χ0v) is 19.1. The fraction of sp³-hybridized carbons (Fsp3) is 0.409. The summed E-state index contributed by atoms with van der Waals surface area (Å²) in [4.78, 5) is 16.4. The summed E-state index contributed by atoms with van der Waals surface area (Å²) in [5.41, 5.74) is 3.60. The van der Waals surface area contributed by atoms with Crippen molar-refractivity contribution in [3.8, 4) is 5.75 Å². The average Bonchev–Trinajstić information content (AvgIpc) is 2.75. The molecule has 31 heavy (non-hydrogen) atoms. The molecule has 168 valence electrons. The van der Waals surface area contributed by atoms with Gasteiger partial charge < -0.3 is 14.5 Å². The average molecular weight is 450 g/mol. The molecule has 1 saturated heterocycles. The van der Waals surface area contributed by atoms with Crippen LogP contribution in [0.2, 0.25) is 0 Å². The molecule has 0 saturated carbocycles. The zero-order chi connectivity index (χ0) is 22.8. The van der Waals surface area contributed by atoms with E-state index in [1.807, 2.05) is 6.07 Å². The third kappa shape index (κ3) is 4.83. The first-order valence-electron chi connectivity index (χ1n) is 10.0. The Morgan fingerprint density at radius 1 is 1.13 bits per heavy atom. The largest absolute Gasteiger partial charge is 0.495 e. The molecule has 2 aromatic rings. The quantitative estimate of drug-likeness (QED) is 0.678. The van der Waals surface area contributed by atoms with Crippen LogP contribution in [0.3, 0.4) is 0 Å². The second kappa shape index (κ2) is 9.23. The Labute approximate surface area is 183 Å². The van der Waals surface area contributed by atoms with E-state index in [0.29, 0.717) is 26.2 Å². The van der Waals surface area contributed by atoms with Crippen LogP contribution in [-0.2, 0) is 14.8 Å². The van der Waals surface area contributed by atoms with Gasteiger partial charge in [0.05, 0.1) is 13.7 Å². The molecule has 0 aliphatic carbocycles. The Balaban J connectivity index is 1.66. The van der Waals surface area contributed by atoms with E-state index in [-0.39, 0.29) is 23.1 Å². The number of likely N-dealkylation sites (N-methyl/N-ethyl adjacent to an activating group) is 1. The summed E-state index contributed by atoms with van der Waals surface area (Å²) >= 11 is 0. The Hall–Kier alpha value is -2.65. The summed E-state index contributed by atoms with van der Waals surface area (Å²) in [7, 11) is -1.47. The molecule has 1 aliphatic heterocycles. The number of hydrogen-bond acceptors (Lipinski definition) is 5. The van der Waals surface area contributed by atoms with E-state index in [9.17, 15) is 17.6 Å². The highest BCUT2D eigenvalue weighted by Crippen LogP contribution is 2.27. The van der Waals surface area contributed by atoms with Crippen molar-refractivity contribution in [1.82, 2.24) is 9.21 Å². The number of amides is 1. The van der Waals surface area contributed by atoms with Gasteiger partial charge in [0.25, 0.3) is 0 Å². The normalized spacial score (nSPS) is 14.8. The highest BCUT2D eigenvalue weighted by molar-refractivity contribution is 7.89. The minimum atomic E-state index is -4.09. The molecule has 1 fully saturated rings. The highest BCUT2D eigenvalue weighted by Gasteiger charge is 2.30. The topological polar surface area (TPSA) is 70.2 Å². The van der Waals surface area contributed by atoms with Gasteiger partial charge in [-0.25, -0.2) is 12.8 Å². The number of ether oxygens (including phenoxy) is 1. The number of carbonyl (C=O) groups excluding carboxylic acids is 1. The van der Waals surface area contributed by atoms with Crippen molar-refractivity contribution in [3.63, 3.8) is 0 Å². The van der Waals surface area contributed by atoms with Crippen LogP contribution in [0.1, 0.15) is 11.1 Å². The molecule has 1 aliphatic rings. The molecule has 1 heterocycles. The van der Waals surface area contributed by atoms with Gasteiger partial charge in [0, 0.05) is 38.9 Å². The zero-order valence-electron chi connectivity index (χ0n) is 18.3. The first-order valence-corrected chi connectivity index (χ1v) is 11.5. The van der Waals surface area contributed by atoms with Crippen molar-refractivity contribution in [1.29, 1.82) is 0 Å². The number of halogens is 1. The van der Waals surface area contributed by atoms with E-state index in [1.165, 1.54) is 31.4 Å².